The number of esters is 1. The van der Waals surface area contributed by atoms with Crippen LogP contribution in [0.3, 0.4) is 0 Å². The van der Waals surface area contributed by atoms with Gasteiger partial charge >= 0.3 is 5.97 Å². The molecule has 0 bridgehead atoms. The molecule has 1 aliphatic rings. The molecule has 1 amide bonds. The lowest BCUT2D eigenvalue weighted by Gasteiger charge is -2.26. The molecular formula is C30H33FN2O5S2. The highest BCUT2D eigenvalue weighted by Crippen LogP contribution is 2.32. The molecule has 212 valence electrons. The van der Waals surface area contributed by atoms with Crippen molar-refractivity contribution in [1.82, 2.24) is 9.62 Å². The molecule has 3 aromatic rings. The molecule has 1 heterocycles. The van der Waals surface area contributed by atoms with Crippen molar-refractivity contribution in [2.24, 2.45) is 5.92 Å². The van der Waals surface area contributed by atoms with Gasteiger partial charge in [0.05, 0.1) is 17.5 Å². The van der Waals surface area contributed by atoms with Crippen LogP contribution in [0.25, 0.3) is 11.1 Å². The summed E-state index contributed by atoms with van der Waals surface area (Å²) in [7, 11) is -3.94. The van der Waals surface area contributed by atoms with Gasteiger partial charge in [-0.1, -0.05) is 68.4 Å². The average Bonchev–Trinajstić information content (AvgIpc) is 3.45. The monoisotopic (exact) mass is 584 g/mol. The lowest BCUT2D eigenvalue weighted by molar-refractivity contribution is -0.144. The van der Waals surface area contributed by atoms with E-state index in [0.717, 1.165) is 11.1 Å². The van der Waals surface area contributed by atoms with Gasteiger partial charge in [-0.15, -0.1) is 11.8 Å². The molecule has 3 aromatic carbocycles. The molecular weight excluding hydrogens is 551 g/mol. The first kappa shape index (κ1) is 29.8. The third kappa shape index (κ3) is 7.50. The second kappa shape index (κ2) is 13.4. The largest absolute Gasteiger partial charge is 0.466 e. The number of rotatable bonds is 11. The minimum Gasteiger partial charge on any atom is -0.466 e. The average molecular weight is 585 g/mol. The molecule has 1 N–H and O–H groups in total. The summed E-state index contributed by atoms with van der Waals surface area (Å²) in [4.78, 5) is 25.6. The van der Waals surface area contributed by atoms with Gasteiger partial charge in [-0.05, 0) is 46.9 Å². The maximum Gasteiger partial charge on any atom is 0.306 e. The van der Waals surface area contributed by atoms with E-state index < -0.39 is 33.2 Å². The van der Waals surface area contributed by atoms with Crippen molar-refractivity contribution in [3.8, 4) is 11.1 Å². The molecule has 1 saturated heterocycles. The first-order chi connectivity index (χ1) is 19.1. The van der Waals surface area contributed by atoms with Crippen molar-refractivity contribution in [3.05, 3.63) is 90.2 Å². The summed E-state index contributed by atoms with van der Waals surface area (Å²) in [6, 6.07) is 21.4. The minimum atomic E-state index is -3.94. The van der Waals surface area contributed by atoms with E-state index in [1.54, 1.807) is 36.4 Å². The van der Waals surface area contributed by atoms with Gasteiger partial charge in [-0.3, -0.25) is 9.59 Å². The maximum atomic E-state index is 13.6. The van der Waals surface area contributed by atoms with E-state index in [2.05, 4.69) is 5.32 Å². The Morgan fingerprint density at radius 3 is 2.30 bits per heavy atom. The number of carbonyl (C=O) groups is 2. The highest BCUT2D eigenvalue weighted by Gasteiger charge is 2.40. The Morgan fingerprint density at radius 1 is 1.00 bits per heavy atom. The van der Waals surface area contributed by atoms with Crippen molar-refractivity contribution in [2.75, 3.05) is 18.9 Å². The van der Waals surface area contributed by atoms with Gasteiger partial charge in [0, 0.05) is 25.1 Å². The zero-order valence-electron chi connectivity index (χ0n) is 22.5. The quantitative estimate of drug-likeness (QED) is 0.304. The number of nitrogens with zero attached hydrogens (tertiary/aromatic N) is 1. The van der Waals surface area contributed by atoms with E-state index in [1.165, 1.54) is 28.2 Å². The van der Waals surface area contributed by atoms with E-state index in [4.69, 9.17) is 4.74 Å². The Bertz CT molecular complexity index is 1400. The lowest BCUT2D eigenvalue weighted by atomic mass is 10.0. The van der Waals surface area contributed by atoms with Gasteiger partial charge in [-0.2, -0.15) is 4.31 Å². The van der Waals surface area contributed by atoms with Gasteiger partial charge in [-0.25, -0.2) is 12.8 Å². The van der Waals surface area contributed by atoms with Crippen molar-refractivity contribution in [3.63, 3.8) is 0 Å². The molecule has 1 fully saturated rings. The number of nitrogens with one attached hydrogen (secondary N) is 1. The van der Waals surface area contributed by atoms with E-state index in [9.17, 15) is 22.4 Å². The predicted octanol–water partition coefficient (Wildman–Crippen LogP) is 5.39. The first-order valence-corrected chi connectivity index (χ1v) is 15.6. The van der Waals surface area contributed by atoms with Crippen LogP contribution in [0.2, 0.25) is 0 Å². The molecule has 7 nitrogen and oxygen atoms in total. The van der Waals surface area contributed by atoms with Gasteiger partial charge in [0.2, 0.25) is 15.9 Å². The van der Waals surface area contributed by atoms with E-state index in [1.807, 2.05) is 44.2 Å². The van der Waals surface area contributed by atoms with Crippen molar-refractivity contribution < 1.29 is 27.1 Å². The maximum absolute atomic E-state index is 13.6. The van der Waals surface area contributed by atoms with Gasteiger partial charge in [0.25, 0.3) is 0 Å². The van der Waals surface area contributed by atoms with Gasteiger partial charge < -0.3 is 10.1 Å². The third-order valence-corrected chi connectivity index (χ3v) is 9.69. The van der Waals surface area contributed by atoms with Crippen LogP contribution in [-0.4, -0.2) is 48.9 Å². The second-order valence-corrected chi connectivity index (χ2v) is 13.0. The molecule has 0 spiro atoms. The molecule has 1 aliphatic heterocycles. The van der Waals surface area contributed by atoms with E-state index >= 15 is 0 Å². The molecule has 10 heteroatoms. The van der Waals surface area contributed by atoms with E-state index in [-0.39, 0.29) is 42.8 Å². The fraction of sp³-hybridized carbons (Fsp3) is 0.333. The van der Waals surface area contributed by atoms with Crippen LogP contribution in [0.1, 0.15) is 38.3 Å². The van der Waals surface area contributed by atoms with Crippen LogP contribution in [0.5, 0.6) is 0 Å². The highest BCUT2D eigenvalue weighted by atomic mass is 32.2. The van der Waals surface area contributed by atoms with Crippen LogP contribution in [-0.2, 0) is 24.3 Å². The minimum absolute atomic E-state index is 0.0570. The lowest BCUT2D eigenvalue weighted by Crippen LogP contribution is -2.45. The fourth-order valence-corrected chi connectivity index (χ4v) is 7.52. The Morgan fingerprint density at radius 2 is 1.65 bits per heavy atom. The molecule has 0 aliphatic carbocycles. The normalized spacial score (nSPS) is 16.6. The summed E-state index contributed by atoms with van der Waals surface area (Å²) in [5.74, 6) is -0.607. The number of ether oxygens (including phenoxy) is 1. The number of carbonyl (C=O) groups excluding carboxylic acids is 2. The Balaban J connectivity index is 1.48. The number of thioether (sulfide) groups is 1. The Hall–Kier alpha value is -3.21. The summed E-state index contributed by atoms with van der Waals surface area (Å²) >= 11 is 1.24. The van der Waals surface area contributed by atoms with Crippen molar-refractivity contribution in [1.29, 1.82) is 0 Å². The van der Waals surface area contributed by atoms with Gasteiger partial charge in [0.15, 0.2) is 0 Å². The summed E-state index contributed by atoms with van der Waals surface area (Å²) in [5, 5.41) is 1.95. The SMILES string of the molecule is CC(C)CC(=O)OCC[C@H](NC(=O)[C@@H]1SCCN1S(=O)(=O)c1ccc(-c2ccccc2)cc1)c1ccc(F)cc1. The van der Waals surface area contributed by atoms with Crippen LogP contribution in [0, 0.1) is 11.7 Å². The summed E-state index contributed by atoms with van der Waals surface area (Å²) in [6.45, 7) is 4.08. The molecule has 40 heavy (non-hydrogen) atoms. The van der Waals surface area contributed by atoms with Crippen LogP contribution < -0.4 is 5.32 Å². The summed E-state index contributed by atoms with van der Waals surface area (Å²) in [6.07, 6.45) is 0.539. The molecule has 0 aromatic heterocycles. The predicted molar refractivity (Wildman–Crippen MR) is 154 cm³/mol. The molecule has 4 rings (SSSR count). The van der Waals surface area contributed by atoms with Crippen LogP contribution in [0.15, 0.2) is 83.8 Å². The Labute approximate surface area is 239 Å². The number of hydrogen-bond acceptors (Lipinski definition) is 6. The smallest absolute Gasteiger partial charge is 0.306 e. The number of halogens is 1. The van der Waals surface area contributed by atoms with Crippen LogP contribution in [0.4, 0.5) is 4.39 Å². The zero-order chi connectivity index (χ0) is 28.7. The standard InChI is InChI=1S/C30H33FN2O5S2/c1-21(2)20-28(34)38-18-16-27(24-8-12-25(31)13-9-24)32-29(35)30-33(17-19-39-30)40(36,37)26-14-10-23(11-15-26)22-6-4-3-5-7-22/h3-15,21,27,30H,16-20H2,1-2H3,(H,32,35)/t27-,30-/m0/s1. The Kier molecular flexibility index (Phi) is 9.99. The van der Waals surface area contributed by atoms with Crippen molar-refractivity contribution >= 4 is 33.7 Å². The zero-order valence-corrected chi connectivity index (χ0v) is 24.1. The number of amides is 1. The molecule has 2 atom stereocenters. The number of sulfonamides is 1. The number of hydrogen-bond donors (Lipinski definition) is 1. The molecule has 0 radical (unpaired) electrons. The topological polar surface area (TPSA) is 92.8 Å². The molecule has 0 saturated carbocycles. The second-order valence-electron chi connectivity index (χ2n) is 9.95. The van der Waals surface area contributed by atoms with Crippen molar-refractivity contribution in [2.45, 2.75) is 43.0 Å². The van der Waals surface area contributed by atoms with E-state index in [0.29, 0.717) is 11.3 Å². The van der Waals surface area contributed by atoms with Crippen LogP contribution >= 0.6 is 11.8 Å². The third-order valence-electron chi connectivity index (χ3n) is 6.47. The number of benzene rings is 3. The summed E-state index contributed by atoms with van der Waals surface area (Å²) in [5.41, 5.74) is 2.49. The summed E-state index contributed by atoms with van der Waals surface area (Å²) < 4.78 is 47.2. The van der Waals surface area contributed by atoms with Gasteiger partial charge in [0.1, 0.15) is 11.2 Å². The first-order valence-electron chi connectivity index (χ1n) is 13.2. The molecule has 0 unspecified atom stereocenters. The highest BCUT2D eigenvalue weighted by molar-refractivity contribution is 8.02. The fourth-order valence-electron chi connectivity index (χ4n) is 4.44.